The van der Waals surface area contributed by atoms with E-state index in [0.717, 1.165) is 47.1 Å². The fourth-order valence-electron chi connectivity index (χ4n) is 4.78. The molecule has 1 atom stereocenters. The zero-order valence-corrected chi connectivity index (χ0v) is 22.0. The van der Waals surface area contributed by atoms with Gasteiger partial charge in [-0.05, 0) is 83.0 Å². The smallest absolute Gasteiger partial charge is 0.408 e. The van der Waals surface area contributed by atoms with Gasteiger partial charge in [-0.3, -0.25) is 14.8 Å². The Labute approximate surface area is 219 Å². The third-order valence-electron chi connectivity index (χ3n) is 6.46. The lowest BCUT2D eigenvalue weighted by Gasteiger charge is -2.33. The molecule has 192 valence electrons. The number of aromatic nitrogens is 2. The number of pyridine rings is 2. The molecule has 1 saturated heterocycles. The Balaban J connectivity index is 1.56. The van der Waals surface area contributed by atoms with E-state index < -0.39 is 11.7 Å². The average Bonchev–Trinajstić information content (AvgIpc) is 3.31. The first-order valence-electron chi connectivity index (χ1n) is 12.5. The van der Waals surface area contributed by atoms with Crippen molar-refractivity contribution in [1.82, 2.24) is 20.6 Å². The van der Waals surface area contributed by atoms with Gasteiger partial charge >= 0.3 is 6.09 Å². The quantitative estimate of drug-likeness (QED) is 0.315. The highest BCUT2D eigenvalue weighted by molar-refractivity contribution is 7.17. The van der Waals surface area contributed by atoms with Gasteiger partial charge in [-0.25, -0.2) is 4.79 Å². The number of nitrogens with one attached hydrogen (secondary N) is 3. The molecule has 2 amide bonds. The number of fused-ring (bicyclic) bond motifs is 2. The lowest BCUT2D eigenvalue weighted by molar-refractivity contribution is 0.0477. The second-order valence-corrected chi connectivity index (χ2v) is 11.2. The van der Waals surface area contributed by atoms with Crippen LogP contribution < -0.4 is 16.0 Å². The van der Waals surface area contributed by atoms with Crippen molar-refractivity contribution in [2.45, 2.75) is 45.3 Å². The Bertz CT molecular complexity index is 1440. The molecule has 5 rings (SSSR count). The fraction of sp³-hybridized carbons (Fsp3) is 0.357. The monoisotopic (exact) mass is 517 g/mol. The summed E-state index contributed by atoms with van der Waals surface area (Å²) in [5.74, 6) is -0.0787. The second kappa shape index (κ2) is 10.4. The number of ether oxygens (including phenoxy) is 1. The van der Waals surface area contributed by atoms with Crippen LogP contribution in [0.1, 0.15) is 55.6 Å². The largest absolute Gasteiger partial charge is 0.444 e. The van der Waals surface area contributed by atoms with Crippen LogP contribution in [0.4, 0.5) is 10.5 Å². The van der Waals surface area contributed by atoms with Gasteiger partial charge in [0.2, 0.25) is 0 Å². The summed E-state index contributed by atoms with van der Waals surface area (Å²) in [5.41, 5.74) is 2.82. The minimum atomic E-state index is -0.627. The van der Waals surface area contributed by atoms with Crippen LogP contribution in [0.15, 0.2) is 54.2 Å². The lowest BCUT2D eigenvalue weighted by Crippen LogP contribution is -2.41. The minimum absolute atomic E-state index is 0.161. The van der Waals surface area contributed by atoms with Gasteiger partial charge in [0.25, 0.3) is 5.91 Å². The van der Waals surface area contributed by atoms with Crippen molar-refractivity contribution in [3.8, 4) is 0 Å². The van der Waals surface area contributed by atoms with E-state index in [2.05, 4.69) is 25.9 Å². The summed E-state index contributed by atoms with van der Waals surface area (Å²) in [5, 5.41) is 12.4. The molecule has 1 aliphatic rings. The van der Waals surface area contributed by atoms with E-state index in [0.29, 0.717) is 16.8 Å². The number of nitrogens with zero attached hydrogens (tertiary/aromatic N) is 2. The third kappa shape index (κ3) is 5.73. The Kier molecular flexibility index (Phi) is 7.08. The van der Waals surface area contributed by atoms with Gasteiger partial charge in [-0.2, -0.15) is 0 Å². The Morgan fingerprint density at radius 3 is 2.65 bits per heavy atom. The van der Waals surface area contributed by atoms with Crippen molar-refractivity contribution < 1.29 is 14.3 Å². The maximum atomic E-state index is 13.5. The number of hydrogen-bond acceptors (Lipinski definition) is 7. The van der Waals surface area contributed by atoms with Crippen LogP contribution in [0.25, 0.3) is 21.1 Å². The molecule has 1 aromatic carbocycles. The molecule has 8 nitrogen and oxygen atoms in total. The van der Waals surface area contributed by atoms with Gasteiger partial charge in [-0.1, -0.05) is 6.07 Å². The van der Waals surface area contributed by atoms with Crippen molar-refractivity contribution in [1.29, 1.82) is 0 Å². The summed E-state index contributed by atoms with van der Waals surface area (Å²) >= 11 is 1.49. The third-order valence-corrected chi connectivity index (χ3v) is 7.40. The number of piperidine rings is 1. The van der Waals surface area contributed by atoms with Crippen LogP contribution in [0.2, 0.25) is 0 Å². The van der Waals surface area contributed by atoms with E-state index in [1.165, 1.54) is 11.3 Å². The van der Waals surface area contributed by atoms with E-state index >= 15 is 0 Å². The number of amides is 2. The number of alkyl carbamates (subject to hydrolysis) is 1. The fourth-order valence-corrected chi connectivity index (χ4v) is 5.68. The topological polar surface area (TPSA) is 105 Å². The van der Waals surface area contributed by atoms with E-state index in [-0.39, 0.29) is 17.9 Å². The van der Waals surface area contributed by atoms with Crippen molar-refractivity contribution >= 4 is 50.1 Å². The highest BCUT2D eigenvalue weighted by Crippen LogP contribution is 2.36. The van der Waals surface area contributed by atoms with Crippen molar-refractivity contribution in [2.75, 3.05) is 18.4 Å². The predicted molar refractivity (Wildman–Crippen MR) is 147 cm³/mol. The predicted octanol–water partition coefficient (Wildman–Crippen LogP) is 5.66. The van der Waals surface area contributed by atoms with Crippen molar-refractivity contribution in [2.24, 2.45) is 5.92 Å². The minimum Gasteiger partial charge on any atom is -0.444 e. The van der Waals surface area contributed by atoms with E-state index in [1.807, 2.05) is 62.5 Å². The van der Waals surface area contributed by atoms with Crippen LogP contribution in [-0.2, 0) is 4.74 Å². The number of benzene rings is 1. The molecule has 4 aromatic rings. The van der Waals surface area contributed by atoms with Crippen molar-refractivity contribution in [3.63, 3.8) is 0 Å². The number of rotatable bonds is 5. The normalized spacial score (nSPS) is 15.4. The summed E-state index contributed by atoms with van der Waals surface area (Å²) in [6, 6.07) is 11.2. The first-order valence-corrected chi connectivity index (χ1v) is 13.4. The molecule has 0 aliphatic carbocycles. The molecule has 3 N–H and O–H groups in total. The molecule has 9 heteroatoms. The Morgan fingerprint density at radius 2 is 1.86 bits per heavy atom. The first-order chi connectivity index (χ1) is 17.8. The highest BCUT2D eigenvalue weighted by atomic mass is 32.1. The average molecular weight is 518 g/mol. The van der Waals surface area contributed by atoms with Crippen LogP contribution >= 0.6 is 11.3 Å². The van der Waals surface area contributed by atoms with Crippen molar-refractivity contribution in [3.05, 3.63) is 65.3 Å². The molecule has 0 spiro atoms. The lowest BCUT2D eigenvalue weighted by atomic mass is 9.84. The Morgan fingerprint density at radius 1 is 1.11 bits per heavy atom. The molecule has 4 heterocycles. The molecule has 1 unspecified atom stereocenters. The second-order valence-electron chi connectivity index (χ2n) is 10.3. The summed E-state index contributed by atoms with van der Waals surface area (Å²) in [7, 11) is 0. The summed E-state index contributed by atoms with van der Waals surface area (Å²) in [6.07, 6.45) is 4.72. The van der Waals surface area contributed by atoms with Gasteiger partial charge < -0.3 is 20.7 Å². The molecule has 1 aliphatic heterocycles. The highest BCUT2D eigenvalue weighted by Gasteiger charge is 2.31. The zero-order valence-electron chi connectivity index (χ0n) is 21.2. The SMILES string of the molecule is CC(C)(C)OC(=O)NC(c1cc2ncccc2cc1NC(=O)c1csc2cccnc12)C1CCNCC1. The van der Waals surface area contributed by atoms with Crippen LogP contribution in [0.3, 0.4) is 0 Å². The van der Waals surface area contributed by atoms with Gasteiger partial charge in [0, 0.05) is 34.4 Å². The van der Waals surface area contributed by atoms with E-state index in [1.54, 1.807) is 12.4 Å². The molecule has 0 saturated carbocycles. The maximum absolute atomic E-state index is 13.5. The van der Waals surface area contributed by atoms with Crippen LogP contribution in [0, 0.1) is 5.92 Å². The van der Waals surface area contributed by atoms with Crippen LogP contribution in [0.5, 0.6) is 0 Å². The number of hydrogen-bond donors (Lipinski definition) is 3. The summed E-state index contributed by atoms with van der Waals surface area (Å²) in [6.45, 7) is 7.25. The Hall–Kier alpha value is -3.56. The molecule has 1 fully saturated rings. The van der Waals surface area contributed by atoms with Gasteiger partial charge in [-0.15, -0.1) is 11.3 Å². The zero-order chi connectivity index (χ0) is 26.0. The number of carbonyl (C=O) groups is 2. The molecular weight excluding hydrogens is 486 g/mol. The molecule has 3 aromatic heterocycles. The standard InChI is InChI=1S/C28H31N5O3S/c1-28(2,3)36-27(35)33-24(17-8-12-29-13-9-17)19-15-21-18(6-4-10-30-21)14-22(19)32-26(34)20-16-37-23-7-5-11-31-25(20)23/h4-7,10-11,14-17,24,29H,8-9,12-13H2,1-3H3,(H,32,34)(H,33,35). The summed E-state index contributed by atoms with van der Waals surface area (Å²) in [4.78, 5) is 35.4. The number of anilines is 1. The summed E-state index contributed by atoms with van der Waals surface area (Å²) < 4.78 is 6.57. The number of thiophene rings is 1. The molecule has 0 radical (unpaired) electrons. The van der Waals surface area contributed by atoms with Gasteiger partial charge in [0.1, 0.15) is 5.60 Å². The maximum Gasteiger partial charge on any atom is 0.408 e. The van der Waals surface area contributed by atoms with Crippen LogP contribution in [-0.4, -0.2) is 40.7 Å². The van der Waals surface area contributed by atoms with Gasteiger partial charge in [0.15, 0.2) is 0 Å². The van der Waals surface area contributed by atoms with E-state index in [9.17, 15) is 9.59 Å². The van der Waals surface area contributed by atoms with E-state index in [4.69, 9.17) is 4.74 Å². The molecular formula is C28H31N5O3S. The van der Waals surface area contributed by atoms with Gasteiger partial charge in [0.05, 0.1) is 27.3 Å². The molecule has 0 bridgehead atoms. The first kappa shape index (κ1) is 25.1. The molecule has 37 heavy (non-hydrogen) atoms. The number of carbonyl (C=O) groups excluding carboxylic acids is 2.